The lowest BCUT2D eigenvalue weighted by Gasteiger charge is -2.27. The Morgan fingerprint density at radius 2 is 2.18 bits per heavy atom. The number of hydrogen-bond donors (Lipinski definition) is 5. The third kappa shape index (κ3) is 4.19. The first-order chi connectivity index (χ1) is 13.4. The molecule has 0 amide bonds. The smallest absolute Gasteiger partial charge is 0.306 e. The summed E-state index contributed by atoms with van der Waals surface area (Å²) in [7, 11) is 1.65. The summed E-state index contributed by atoms with van der Waals surface area (Å²) in [5.41, 5.74) is 3.29. The number of nitrogens with zero attached hydrogens (tertiary/aromatic N) is 4. The van der Waals surface area contributed by atoms with Gasteiger partial charge in [0.1, 0.15) is 5.75 Å². The van der Waals surface area contributed by atoms with E-state index in [2.05, 4.69) is 20.6 Å². The molecule has 11 nitrogen and oxygen atoms in total. The molecule has 11 heteroatoms. The maximum Gasteiger partial charge on any atom is 0.306 e. The molecule has 1 aliphatic rings. The number of hydrogen-bond acceptors (Lipinski definition) is 7. The number of carboxylic acid groups (broad SMARTS) is 1. The molecule has 0 spiro atoms. The van der Waals surface area contributed by atoms with Crippen molar-refractivity contribution in [1.82, 2.24) is 25.5 Å². The predicted octanol–water partition coefficient (Wildman–Crippen LogP) is 1.53. The van der Waals surface area contributed by atoms with Gasteiger partial charge in [0, 0.05) is 7.05 Å². The van der Waals surface area contributed by atoms with Crippen LogP contribution in [-0.4, -0.2) is 48.3 Å². The molecule has 0 bridgehead atoms. The predicted molar refractivity (Wildman–Crippen MR) is 99.3 cm³/mol. The minimum atomic E-state index is -0.774. The van der Waals surface area contributed by atoms with Crippen molar-refractivity contribution in [3.63, 3.8) is 0 Å². The highest BCUT2D eigenvalue weighted by molar-refractivity contribution is 5.92. The standard InChI is InChI=1S/C17H23N7O4/c1-9-13(28-11-5-3-4-10(8-11)16(25)26)7-6-12(19-9)14-15(20-17(18)22-27)24(2)23-21-14/h6-7,10-11,27H,3-5,8H2,1-2H3,(H,25,26)(H3,18,20,22)/t10-,11?/m0/s1. The van der Waals surface area contributed by atoms with E-state index in [9.17, 15) is 9.90 Å². The molecule has 2 atom stereocenters. The van der Waals surface area contributed by atoms with Gasteiger partial charge in [-0.1, -0.05) is 5.21 Å². The topological polar surface area (TPSA) is 158 Å². The van der Waals surface area contributed by atoms with Crippen molar-refractivity contribution in [2.75, 3.05) is 5.32 Å². The van der Waals surface area contributed by atoms with Gasteiger partial charge in [-0.15, -0.1) is 5.10 Å². The van der Waals surface area contributed by atoms with Crippen molar-refractivity contribution in [3.05, 3.63) is 17.8 Å². The van der Waals surface area contributed by atoms with Crippen LogP contribution >= 0.6 is 0 Å². The van der Waals surface area contributed by atoms with Gasteiger partial charge in [-0.2, -0.15) is 0 Å². The monoisotopic (exact) mass is 389 g/mol. The fourth-order valence-corrected chi connectivity index (χ4v) is 3.28. The number of aryl methyl sites for hydroxylation is 2. The van der Waals surface area contributed by atoms with Crippen LogP contribution in [0.3, 0.4) is 0 Å². The van der Waals surface area contributed by atoms with Gasteiger partial charge < -0.3 is 15.2 Å². The van der Waals surface area contributed by atoms with Crippen LogP contribution in [0.2, 0.25) is 0 Å². The van der Waals surface area contributed by atoms with Gasteiger partial charge in [0.15, 0.2) is 11.5 Å². The van der Waals surface area contributed by atoms with Crippen LogP contribution in [0.15, 0.2) is 12.1 Å². The Balaban J connectivity index is 1.78. The molecule has 28 heavy (non-hydrogen) atoms. The Labute approximate surface area is 161 Å². The molecule has 0 saturated heterocycles. The zero-order valence-electron chi connectivity index (χ0n) is 15.6. The quantitative estimate of drug-likeness (QED) is 0.290. The van der Waals surface area contributed by atoms with Gasteiger partial charge in [0.05, 0.1) is 23.4 Å². The second-order valence-corrected chi connectivity index (χ2v) is 6.74. The first-order valence-electron chi connectivity index (χ1n) is 8.92. The average Bonchev–Trinajstić information content (AvgIpc) is 3.04. The van der Waals surface area contributed by atoms with Crippen LogP contribution < -0.4 is 15.5 Å². The summed E-state index contributed by atoms with van der Waals surface area (Å²) in [5, 5.41) is 36.2. The Morgan fingerprint density at radius 3 is 2.86 bits per heavy atom. The maximum atomic E-state index is 11.2. The van der Waals surface area contributed by atoms with Crippen molar-refractivity contribution in [3.8, 4) is 17.1 Å². The molecule has 0 aromatic carbocycles. The number of nitrogens with one attached hydrogen (secondary N) is 3. The molecule has 2 heterocycles. The Bertz CT molecular complexity index is 882. The minimum absolute atomic E-state index is 0.147. The van der Waals surface area contributed by atoms with Crippen LogP contribution in [0.1, 0.15) is 31.4 Å². The largest absolute Gasteiger partial charge is 0.489 e. The molecular formula is C17H23N7O4. The number of ether oxygens (including phenoxy) is 1. The van der Waals surface area contributed by atoms with Crippen molar-refractivity contribution in [2.24, 2.45) is 13.0 Å². The Hall–Kier alpha value is -3.21. The lowest BCUT2D eigenvalue weighted by atomic mass is 9.87. The summed E-state index contributed by atoms with van der Waals surface area (Å²) in [5.74, 6) is -0.473. The minimum Gasteiger partial charge on any atom is -0.489 e. The first kappa shape index (κ1) is 19.5. The van der Waals surface area contributed by atoms with Gasteiger partial charge >= 0.3 is 5.97 Å². The number of hydroxylamine groups is 1. The van der Waals surface area contributed by atoms with Gasteiger partial charge in [-0.05, 0) is 44.7 Å². The second kappa shape index (κ2) is 8.21. The summed E-state index contributed by atoms with van der Waals surface area (Å²) < 4.78 is 7.44. The zero-order valence-corrected chi connectivity index (χ0v) is 15.6. The molecule has 0 aliphatic heterocycles. The van der Waals surface area contributed by atoms with Gasteiger partial charge in [0.25, 0.3) is 0 Å². The van der Waals surface area contributed by atoms with E-state index < -0.39 is 5.97 Å². The Kier molecular flexibility index (Phi) is 5.73. The van der Waals surface area contributed by atoms with Crippen LogP contribution in [0.4, 0.5) is 5.82 Å². The van der Waals surface area contributed by atoms with E-state index in [0.29, 0.717) is 41.5 Å². The molecule has 1 aliphatic carbocycles. The molecule has 1 unspecified atom stereocenters. The summed E-state index contributed by atoms with van der Waals surface area (Å²) in [6.45, 7) is 1.80. The number of pyridine rings is 1. The number of carboxylic acids is 1. The molecule has 0 radical (unpaired) electrons. The molecule has 5 N–H and O–H groups in total. The molecular weight excluding hydrogens is 366 g/mol. The lowest BCUT2D eigenvalue weighted by Crippen LogP contribution is -2.29. The summed E-state index contributed by atoms with van der Waals surface area (Å²) in [6, 6.07) is 3.50. The molecule has 150 valence electrons. The number of anilines is 1. The SMILES string of the molecule is Cc1nc(-c2nnn(C)c2NC(=N)NO)ccc1OC1CCC[C@H](C(=O)O)C1. The van der Waals surface area contributed by atoms with E-state index in [4.69, 9.17) is 15.4 Å². The van der Waals surface area contributed by atoms with Gasteiger partial charge in [-0.3, -0.25) is 15.4 Å². The number of aromatic nitrogens is 4. The van der Waals surface area contributed by atoms with Crippen molar-refractivity contribution in [2.45, 2.75) is 38.7 Å². The van der Waals surface area contributed by atoms with E-state index in [1.807, 2.05) is 0 Å². The van der Waals surface area contributed by atoms with E-state index in [0.717, 1.165) is 12.8 Å². The fraction of sp³-hybridized carbons (Fsp3) is 0.471. The highest BCUT2D eigenvalue weighted by atomic mass is 16.5. The number of guanidine groups is 1. The second-order valence-electron chi connectivity index (χ2n) is 6.74. The molecule has 3 rings (SSSR count). The number of aliphatic carboxylic acids is 1. The van der Waals surface area contributed by atoms with Gasteiger partial charge in [0.2, 0.25) is 5.96 Å². The fourth-order valence-electron chi connectivity index (χ4n) is 3.28. The highest BCUT2D eigenvalue weighted by Gasteiger charge is 2.28. The molecule has 2 aromatic heterocycles. The summed E-state index contributed by atoms with van der Waals surface area (Å²) in [4.78, 5) is 15.7. The van der Waals surface area contributed by atoms with Crippen LogP contribution in [0.5, 0.6) is 5.75 Å². The molecule has 1 saturated carbocycles. The highest BCUT2D eigenvalue weighted by Crippen LogP contribution is 2.31. The number of carbonyl (C=O) groups is 1. The van der Waals surface area contributed by atoms with E-state index in [1.165, 1.54) is 4.68 Å². The lowest BCUT2D eigenvalue weighted by molar-refractivity contribution is -0.143. The van der Waals surface area contributed by atoms with E-state index in [-0.39, 0.29) is 18.0 Å². The Morgan fingerprint density at radius 1 is 1.39 bits per heavy atom. The first-order valence-corrected chi connectivity index (χ1v) is 8.92. The van der Waals surface area contributed by atoms with Crippen molar-refractivity contribution in [1.29, 1.82) is 5.41 Å². The zero-order chi connectivity index (χ0) is 20.3. The van der Waals surface area contributed by atoms with Crippen LogP contribution in [0.25, 0.3) is 11.4 Å². The maximum absolute atomic E-state index is 11.2. The van der Waals surface area contributed by atoms with Crippen LogP contribution in [-0.2, 0) is 11.8 Å². The van der Waals surface area contributed by atoms with Crippen molar-refractivity contribution < 1.29 is 19.8 Å². The third-order valence-corrected chi connectivity index (χ3v) is 4.73. The van der Waals surface area contributed by atoms with Crippen LogP contribution in [0, 0.1) is 18.3 Å². The third-order valence-electron chi connectivity index (χ3n) is 4.73. The van der Waals surface area contributed by atoms with Crippen molar-refractivity contribution >= 4 is 17.7 Å². The number of rotatable bonds is 5. The normalized spacial score (nSPS) is 19.1. The average molecular weight is 389 g/mol. The summed E-state index contributed by atoms with van der Waals surface area (Å²) in [6.07, 6.45) is 2.67. The van der Waals surface area contributed by atoms with E-state index >= 15 is 0 Å². The molecule has 1 fully saturated rings. The summed E-state index contributed by atoms with van der Waals surface area (Å²) >= 11 is 0. The van der Waals surface area contributed by atoms with Gasteiger partial charge in [-0.25, -0.2) is 15.1 Å². The molecule has 2 aromatic rings. The van der Waals surface area contributed by atoms with E-state index in [1.54, 1.807) is 31.6 Å².